The van der Waals surface area contributed by atoms with Crippen molar-refractivity contribution in [3.8, 4) is 5.69 Å². The van der Waals surface area contributed by atoms with Crippen LogP contribution in [0.5, 0.6) is 0 Å². The lowest BCUT2D eigenvalue weighted by Crippen LogP contribution is -2.04. The molecule has 0 unspecified atom stereocenters. The van der Waals surface area contributed by atoms with Crippen LogP contribution in [-0.2, 0) is 0 Å². The average molecular weight is 527 g/mol. The number of aromatic nitrogens is 1. The van der Waals surface area contributed by atoms with Gasteiger partial charge in [0.15, 0.2) is 11.7 Å². The number of nitrogens with one attached hydrogen (secondary N) is 1. The molecule has 0 aliphatic rings. The standard InChI is InChI=1S/C37H26N4/c38-36(28-12-3-1-4-13-28)40-37(29-14-5-2-6-15-29)39-25-26-19-22-30(23-20-26)41-34-18-10-9-17-32(34)33-24-21-27-11-7-8-16-31(27)35(33)41/h1-25,38H. The Morgan fingerprint density at radius 2 is 1.20 bits per heavy atom. The number of hydrogen-bond acceptors (Lipinski definition) is 1. The molecule has 41 heavy (non-hydrogen) atoms. The Labute approximate surface area is 238 Å². The van der Waals surface area contributed by atoms with Crippen molar-refractivity contribution in [2.75, 3.05) is 0 Å². The molecule has 7 aromatic rings. The molecular weight excluding hydrogens is 500 g/mol. The Morgan fingerprint density at radius 3 is 1.95 bits per heavy atom. The molecule has 0 spiro atoms. The molecule has 0 fully saturated rings. The van der Waals surface area contributed by atoms with Gasteiger partial charge in [-0.3, -0.25) is 5.41 Å². The zero-order chi connectivity index (χ0) is 27.6. The maximum Gasteiger partial charge on any atom is 0.161 e. The first-order valence-corrected chi connectivity index (χ1v) is 13.6. The monoisotopic (exact) mass is 526 g/mol. The van der Waals surface area contributed by atoms with E-state index in [0.717, 1.165) is 22.4 Å². The van der Waals surface area contributed by atoms with Crippen LogP contribution in [0.2, 0.25) is 0 Å². The van der Waals surface area contributed by atoms with E-state index < -0.39 is 0 Å². The molecule has 0 amide bonds. The number of aliphatic imine (C=N–C) groups is 2. The number of nitrogens with zero attached hydrogens (tertiary/aromatic N) is 3. The maximum atomic E-state index is 8.53. The topological polar surface area (TPSA) is 53.5 Å². The van der Waals surface area contributed by atoms with Gasteiger partial charge in [0.2, 0.25) is 0 Å². The molecule has 1 aromatic heterocycles. The summed E-state index contributed by atoms with van der Waals surface area (Å²) in [6.07, 6.45) is 1.81. The summed E-state index contributed by atoms with van der Waals surface area (Å²) in [5, 5.41) is 13.5. The molecule has 194 valence electrons. The predicted molar refractivity (Wildman–Crippen MR) is 172 cm³/mol. The van der Waals surface area contributed by atoms with Gasteiger partial charge < -0.3 is 4.57 Å². The van der Waals surface area contributed by atoms with Gasteiger partial charge >= 0.3 is 0 Å². The summed E-state index contributed by atoms with van der Waals surface area (Å²) in [4.78, 5) is 9.33. The summed E-state index contributed by atoms with van der Waals surface area (Å²) in [5.41, 5.74) is 6.04. The number of amidine groups is 2. The minimum atomic E-state index is 0.176. The highest BCUT2D eigenvalue weighted by Crippen LogP contribution is 2.36. The third-order valence-electron chi connectivity index (χ3n) is 7.34. The first-order valence-electron chi connectivity index (χ1n) is 13.6. The van der Waals surface area contributed by atoms with E-state index in [1.54, 1.807) is 0 Å². The highest BCUT2D eigenvalue weighted by atomic mass is 15.0. The third kappa shape index (κ3) is 4.62. The summed E-state index contributed by atoms with van der Waals surface area (Å²) in [6.45, 7) is 0. The number of benzene rings is 6. The first kappa shape index (κ1) is 24.4. The maximum absolute atomic E-state index is 8.53. The lowest BCUT2D eigenvalue weighted by Gasteiger charge is -2.10. The molecule has 0 saturated heterocycles. The molecule has 1 heterocycles. The molecule has 1 N–H and O–H groups in total. The van der Waals surface area contributed by atoms with Crippen molar-refractivity contribution in [2.24, 2.45) is 9.98 Å². The molecule has 0 atom stereocenters. The number of rotatable bonds is 4. The van der Waals surface area contributed by atoms with Gasteiger partial charge in [0.1, 0.15) is 0 Å². The minimum absolute atomic E-state index is 0.176. The van der Waals surface area contributed by atoms with Crippen molar-refractivity contribution in [1.29, 1.82) is 5.41 Å². The zero-order valence-electron chi connectivity index (χ0n) is 22.3. The van der Waals surface area contributed by atoms with Crippen molar-refractivity contribution in [2.45, 2.75) is 0 Å². The van der Waals surface area contributed by atoms with Crippen LogP contribution in [0.15, 0.2) is 156 Å². The van der Waals surface area contributed by atoms with Crippen LogP contribution in [0.3, 0.4) is 0 Å². The zero-order valence-corrected chi connectivity index (χ0v) is 22.3. The largest absolute Gasteiger partial charge is 0.309 e. The SMILES string of the molecule is N=C(N=C(N=Cc1ccc(-n2c3ccccc3c3ccc4ccccc4c32)cc1)c1ccccc1)c1ccccc1. The van der Waals surface area contributed by atoms with Crippen LogP contribution in [-0.4, -0.2) is 22.5 Å². The Bertz CT molecular complexity index is 2090. The second-order valence-electron chi connectivity index (χ2n) is 9.90. The second-order valence-corrected chi connectivity index (χ2v) is 9.90. The van der Waals surface area contributed by atoms with Crippen LogP contribution in [0.25, 0.3) is 38.3 Å². The number of para-hydroxylation sites is 1. The van der Waals surface area contributed by atoms with E-state index >= 15 is 0 Å². The highest BCUT2D eigenvalue weighted by Gasteiger charge is 2.14. The molecule has 0 bridgehead atoms. The van der Waals surface area contributed by atoms with Gasteiger partial charge in [-0.15, -0.1) is 0 Å². The Hall–Kier alpha value is -5.61. The van der Waals surface area contributed by atoms with Gasteiger partial charge in [-0.1, -0.05) is 127 Å². The van der Waals surface area contributed by atoms with Gasteiger partial charge in [0.05, 0.1) is 11.0 Å². The Morgan fingerprint density at radius 1 is 0.561 bits per heavy atom. The van der Waals surface area contributed by atoms with E-state index in [9.17, 15) is 0 Å². The third-order valence-corrected chi connectivity index (χ3v) is 7.34. The fourth-order valence-electron chi connectivity index (χ4n) is 5.37. The van der Waals surface area contributed by atoms with E-state index in [4.69, 9.17) is 10.4 Å². The van der Waals surface area contributed by atoms with Crippen LogP contribution < -0.4 is 0 Å². The molecule has 0 saturated carbocycles. The molecule has 4 nitrogen and oxygen atoms in total. The van der Waals surface area contributed by atoms with E-state index in [1.807, 2.05) is 66.9 Å². The van der Waals surface area contributed by atoms with Gasteiger partial charge in [-0.25, -0.2) is 9.98 Å². The van der Waals surface area contributed by atoms with Crippen molar-refractivity contribution in [3.05, 3.63) is 162 Å². The predicted octanol–water partition coefficient (Wildman–Crippen LogP) is 8.83. The van der Waals surface area contributed by atoms with E-state index in [-0.39, 0.29) is 5.84 Å². The molecule has 0 aliphatic heterocycles. The summed E-state index contributed by atoms with van der Waals surface area (Å²) in [6, 6.07) is 49.3. The fourth-order valence-corrected chi connectivity index (χ4v) is 5.37. The second kappa shape index (κ2) is 10.5. The Balaban J connectivity index is 1.29. The summed E-state index contributed by atoms with van der Waals surface area (Å²) >= 11 is 0. The van der Waals surface area contributed by atoms with E-state index in [1.165, 1.54) is 32.6 Å². The molecule has 0 aliphatic carbocycles. The van der Waals surface area contributed by atoms with Gasteiger partial charge in [-0.05, 0) is 29.1 Å². The quantitative estimate of drug-likeness (QED) is 0.176. The first-order chi connectivity index (χ1) is 20.3. The van der Waals surface area contributed by atoms with Crippen LogP contribution in [0, 0.1) is 5.41 Å². The molecule has 6 aromatic carbocycles. The summed E-state index contributed by atoms with van der Waals surface area (Å²) in [7, 11) is 0. The van der Waals surface area contributed by atoms with Gasteiger partial charge in [0, 0.05) is 39.2 Å². The van der Waals surface area contributed by atoms with E-state index in [0.29, 0.717) is 5.84 Å². The van der Waals surface area contributed by atoms with Gasteiger partial charge in [0.25, 0.3) is 0 Å². The minimum Gasteiger partial charge on any atom is -0.309 e. The van der Waals surface area contributed by atoms with Crippen LogP contribution in [0.4, 0.5) is 0 Å². The van der Waals surface area contributed by atoms with Crippen molar-refractivity contribution >= 4 is 50.5 Å². The number of hydrogen-bond donors (Lipinski definition) is 1. The van der Waals surface area contributed by atoms with E-state index in [2.05, 4.69) is 94.5 Å². The van der Waals surface area contributed by atoms with Crippen LogP contribution >= 0.6 is 0 Å². The summed E-state index contributed by atoms with van der Waals surface area (Å²) in [5.74, 6) is 0.674. The molecule has 4 heteroatoms. The van der Waals surface area contributed by atoms with Crippen molar-refractivity contribution in [1.82, 2.24) is 4.57 Å². The average Bonchev–Trinajstić information content (AvgIpc) is 3.39. The summed E-state index contributed by atoms with van der Waals surface area (Å²) < 4.78 is 2.35. The number of fused-ring (bicyclic) bond motifs is 5. The molecular formula is C37H26N4. The van der Waals surface area contributed by atoms with Gasteiger partial charge in [-0.2, -0.15) is 0 Å². The molecule has 0 radical (unpaired) electrons. The fraction of sp³-hybridized carbons (Fsp3) is 0. The smallest absolute Gasteiger partial charge is 0.161 e. The normalized spacial score (nSPS) is 12.0. The van der Waals surface area contributed by atoms with Crippen LogP contribution in [0.1, 0.15) is 16.7 Å². The van der Waals surface area contributed by atoms with Crippen molar-refractivity contribution in [3.63, 3.8) is 0 Å². The van der Waals surface area contributed by atoms with Crippen molar-refractivity contribution < 1.29 is 0 Å². The highest BCUT2D eigenvalue weighted by molar-refractivity contribution is 6.18. The molecule has 7 rings (SSSR count). The lowest BCUT2D eigenvalue weighted by molar-refractivity contribution is 1.19. The Kier molecular flexibility index (Phi) is 6.26. The lowest BCUT2D eigenvalue weighted by atomic mass is 10.1.